The summed E-state index contributed by atoms with van der Waals surface area (Å²) in [4.78, 5) is 8.80. The Morgan fingerprint density at radius 1 is 1.17 bits per heavy atom. The van der Waals surface area contributed by atoms with Gasteiger partial charge in [0.2, 0.25) is 0 Å². The van der Waals surface area contributed by atoms with Crippen molar-refractivity contribution in [2.75, 3.05) is 30.9 Å². The van der Waals surface area contributed by atoms with Crippen LogP contribution in [0.4, 0.5) is 11.6 Å². The molecule has 0 atom stereocenters. The summed E-state index contributed by atoms with van der Waals surface area (Å²) in [5, 5.41) is 24.1. The molecule has 18 heavy (non-hydrogen) atoms. The number of aliphatic hydroxyl groups excluding tert-OH is 2. The minimum absolute atomic E-state index is 0.153. The molecule has 0 spiro atoms. The Labute approximate surface area is 107 Å². The second kappa shape index (κ2) is 5.97. The topological polar surface area (TPSA) is 90.3 Å². The smallest absolute Gasteiger partial charge is 0.138 e. The van der Waals surface area contributed by atoms with Crippen LogP contribution in [0.1, 0.15) is 26.6 Å². The third-order valence-corrected chi connectivity index (χ3v) is 2.45. The van der Waals surface area contributed by atoms with Crippen molar-refractivity contribution in [3.8, 4) is 0 Å². The largest absolute Gasteiger partial charge is 0.394 e. The zero-order valence-electron chi connectivity index (χ0n) is 11.4. The molecule has 0 radical (unpaired) electrons. The number of anilines is 2. The summed E-state index contributed by atoms with van der Waals surface area (Å²) in [6, 6.07) is 1.32. The molecule has 6 nitrogen and oxygen atoms in total. The lowest BCUT2D eigenvalue weighted by Gasteiger charge is -2.20. The van der Waals surface area contributed by atoms with Crippen molar-refractivity contribution in [1.29, 1.82) is 0 Å². The molecule has 0 aliphatic heterocycles. The molecule has 0 aliphatic rings. The zero-order chi connectivity index (χ0) is 13.8. The first-order valence-electron chi connectivity index (χ1n) is 5.96. The fourth-order valence-corrected chi connectivity index (χ4v) is 1.34. The first kappa shape index (κ1) is 14.7. The number of hydrogen-bond acceptors (Lipinski definition) is 6. The highest BCUT2D eigenvalue weighted by atomic mass is 16.3. The van der Waals surface area contributed by atoms with E-state index in [-0.39, 0.29) is 18.6 Å². The van der Waals surface area contributed by atoms with Crippen LogP contribution in [0.15, 0.2) is 6.07 Å². The maximum atomic E-state index is 9.06. The Kier molecular flexibility index (Phi) is 4.86. The Balaban J connectivity index is 3.04. The van der Waals surface area contributed by atoms with Crippen molar-refractivity contribution < 1.29 is 10.2 Å². The van der Waals surface area contributed by atoms with Gasteiger partial charge in [0.05, 0.1) is 19.3 Å². The number of aromatic nitrogens is 2. The van der Waals surface area contributed by atoms with Gasteiger partial charge >= 0.3 is 0 Å². The van der Waals surface area contributed by atoms with Gasteiger partial charge in [0.1, 0.15) is 17.5 Å². The van der Waals surface area contributed by atoms with E-state index >= 15 is 0 Å². The van der Waals surface area contributed by atoms with Crippen LogP contribution in [0, 0.1) is 0 Å². The van der Waals surface area contributed by atoms with Crippen LogP contribution in [-0.2, 0) is 5.41 Å². The van der Waals surface area contributed by atoms with Crippen molar-refractivity contribution in [3.63, 3.8) is 0 Å². The lowest BCUT2D eigenvalue weighted by molar-refractivity contribution is 0.203. The van der Waals surface area contributed by atoms with Crippen molar-refractivity contribution in [3.05, 3.63) is 11.9 Å². The van der Waals surface area contributed by atoms with Gasteiger partial charge in [-0.25, -0.2) is 9.97 Å². The van der Waals surface area contributed by atoms with E-state index in [4.69, 9.17) is 10.2 Å². The molecule has 0 aromatic carbocycles. The second-order valence-electron chi connectivity index (χ2n) is 5.17. The number of rotatable bonds is 5. The summed E-state index contributed by atoms with van der Waals surface area (Å²) in [5.41, 5.74) is -0.169. The highest BCUT2D eigenvalue weighted by molar-refractivity contribution is 5.48. The van der Waals surface area contributed by atoms with Crippen molar-refractivity contribution >= 4 is 11.6 Å². The molecular formula is C12H22N4O2. The highest BCUT2D eigenvalue weighted by Crippen LogP contribution is 2.22. The Bertz CT molecular complexity index is 386. The van der Waals surface area contributed by atoms with Gasteiger partial charge < -0.3 is 20.8 Å². The van der Waals surface area contributed by atoms with Gasteiger partial charge in [-0.1, -0.05) is 20.8 Å². The number of nitrogens with zero attached hydrogens (tertiary/aromatic N) is 2. The van der Waals surface area contributed by atoms with Crippen LogP contribution in [0.25, 0.3) is 0 Å². The van der Waals surface area contributed by atoms with E-state index in [0.717, 1.165) is 0 Å². The minimum atomic E-state index is -0.419. The van der Waals surface area contributed by atoms with Crippen molar-refractivity contribution in [2.24, 2.45) is 0 Å². The van der Waals surface area contributed by atoms with Gasteiger partial charge in [-0.05, 0) is 0 Å². The standard InChI is InChI=1S/C12H22N4O2/c1-12(2,3)11-15-9(13-4)5-10(16-11)14-8(6-17)7-18/h5,8,17-18H,6-7H2,1-4H3,(H2,13,14,15,16). The minimum Gasteiger partial charge on any atom is -0.394 e. The van der Waals surface area contributed by atoms with Gasteiger partial charge in [-0.15, -0.1) is 0 Å². The van der Waals surface area contributed by atoms with Crippen LogP contribution < -0.4 is 10.6 Å². The summed E-state index contributed by atoms with van der Waals surface area (Å²) in [5.74, 6) is 1.99. The highest BCUT2D eigenvalue weighted by Gasteiger charge is 2.19. The van der Waals surface area contributed by atoms with E-state index in [1.807, 2.05) is 20.8 Å². The summed E-state index contributed by atoms with van der Waals surface area (Å²) >= 11 is 0. The van der Waals surface area contributed by atoms with E-state index in [2.05, 4.69) is 20.6 Å². The Morgan fingerprint density at radius 2 is 1.72 bits per heavy atom. The first-order chi connectivity index (χ1) is 8.40. The predicted octanol–water partition coefficient (Wildman–Crippen LogP) is 0.581. The van der Waals surface area contributed by atoms with Crippen LogP contribution in [0.2, 0.25) is 0 Å². The molecule has 0 fully saturated rings. The van der Waals surface area contributed by atoms with Gasteiger partial charge in [0, 0.05) is 18.5 Å². The second-order valence-corrected chi connectivity index (χ2v) is 5.17. The monoisotopic (exact) mass is 254 g/mol. The van der Waals surface area contributed by atoms with Crippen LogP contribution in [0.5, 0.6) is 0 Å². The summed E-state index contributed by atoms with van der Waals surface area (Å²) in [6.07, 6.45) is 0. The zero-order valence-corrected chi connectivity index (χ0v) is 11.4. The molecule has 0 aliphatic carbocycles. The van der Waals surface area contributed by atoms with E-state index in [0.29, 0.717) is 17.5 Å². The third-order valence-electron chi connectivity index (χ3n) is 2.45. The van der Waals surface area contributed by atoms with E-state index < -0.39 is 6.04 Å². The van der Waals surface area contributed by atoms with Crippen molar-refractivity contribution in [1.82, 2.24) is 9.97 Å². The average molecular weight is 254 g/mol. The van der Waals surface area contributed by atoms with Gasteiger partial charge in [-0.3, -0.25) is 0 Å². The maximum Gasteiger partial charge on any atom is 0.138 e. The maximum absolute atomic E-state index is 9.06. The molecular weight excluding hydrogens is 232 g/mol. The molecule has 0 unspecified atom stereocenters. The summed E-state index contributed by atoms with van der Waals surface area (Å²) in [6.45, 7) is 5.78. The van der Waals surface area contributed by atoms with Gasteiger partial charge in [0.25, 0.3) is 0 Å². The number of hydrogen-bond donors (Lipinski definition) is 4. The molecule has 0 saturated heterocycles. The predicted molar refractivity (Wildman–Crippen MR) is 71.9 cm³/mol. The van der Waals surface area contributed by atoms with Gasteiger partial charge in [0.15, 0.2) is 0 Å². The summed E-state index contributed by atoms with van der Waals surface area (Å²) in [7, 11) is 1.79. The van der Waals surface area contributed by atoms with E-state index in [1.54, 1.807) is 13.1 Å². The molecule has 1 rings (SSSR count). The quantitative estimate of drug-likeness (QED) is 0.614. The van der Waals surface area contributed by atoms with E-state index in [9.17, 15) is 0 Å². The molecule has 1 heterocycles. The van der Waals surface area contributed by atoms with E-state index in [1.165, 1.54) is 0 Å². The Morgan fingerprint density at radius 3 is 2.17 bits per heavy atom. The van der Waals surface area contributed by atoms with Crippen LogP contribution in [-0.4, -0.2) is 46.5 Å². The molecule has 1 aromatic rings. The van der Waals surface area contributed by atoms with Crippen LogP contribution >= 0.6 is 0 Å². The molecule has 102 valence electrons. The molecule has 4 N–H and O–H groups in total. The average Bonchev–Trinajstić information content (AvgIpc) is 2.34. The molecule has 0 bridgehead atoms. The molecule has 1 aromatic heterocycles. The normalized spacial score (nSPS) is 11.7. The first-order valence-corrected chi connectivity index (χ1v) is 5.96. The molecule has 0 saturated carbocycles. The SMILES string of the molecule is CNc1cc(NC(CO)CO)nc(C(C)(C)C)n1. The van der Waals surface area contributed by atoms with Crippen LogP contribution in [0.3, 0.4) is 0 Å². The number of aliphatic hydroxyl groups is 2. The summed E-state index contributed by atoms with van der Waals surface area (Å²) < 4.78 is 0. The van der Waals surface area contributed by atoms with Crippen molar-refractivity contribution in [2.45, 2.75) is 32.2 Å². The fraction of sp³-hybridized carbons (Fsp3) is 0.667. The molecule has 6 heteroatoms. The lowest BCUT2D eigenvalue weighted by Crippen LogP contribution is -2.29. The fourth-order valence-electron chi connectivity index (χ4n) is 1.34. The molecule has 0 amide bonds. The van der Waals surface area contributed by atoms with Gasteiger partial charge in [-0.2, -0.15) is 0 Å². The third kappa shape index (κ3) is 3.82. The lowest BCUT2D eigenvalue weighted by atomic mass is 9.96. The Hall–Kier alpha value is -1.40. The number of nitrogens with one attached hydrogen (secondary N) is 2.